The van der Waals surface area contributed by atoms with Gasteiger partial charge in [0.25, 0.3) is 0 Å². The third kappa shape index (κ3) is 9.73. The summed E-state index contributed by atoms with van der Waals surface area (Å²) in [6.07, 6.45) is 0.531. The Balaban J connectivity index is 1.92. The zero-order chi connectivity index (χ0) is 28.2. The summed E-state index contributed by atoms with van der Waals surface area (Å²) in [6, 6.07) is 10.1. The molecule has 0 saturated carbocycles. The SMILES string of the molecule is NC(N)=NCCC[C@H](NCc1ccc(CC(=O)N[C@@H](Cc2cccc(C(=O)O)c2O)B(O)O)cc1)C(=O)O. The summed E-state index contributed by atoms with van der Waals surface area (Å²) in [5.41, 5.74) is 11.7. The standard InChI is InChI=1S/C24H32BN5O8/c26-24(27)28-10-2-5-18(23(35)36)29-13-15-8-6-14(7-9-15)11-20(31)30-19(25(37)38)12-16-3-1-4-17(21(16)32)22(33)34/h1,3-4,6-9,18-19,29,32,37-38H,2,5,10-13H2,(H,30,31)(H,33,34)(H,35,36)(H4,26,27,28)/t18-,19-/m0/s1. The van der Waals surface area contributed by atoms with E-state index in [1.807, 2.05) is 0 Å². The van der Waals surface area contributed by atoms with E-state index in [9.17, 15) is 34.6 Å². The highest BCUT2D eigenvalue weighted by Crippen LogP contribution is 2.24. The number of hydrogen-bond acceptors (Lipinski definition) is 8. The van der Waals surface area contributed by atoms with E-state index in [0.29, 0.717) is 24.9 Å². The van der Waals surface area contributed by atoms with E-state index in [1.165, 1.54) is 18.2 Å². The van der Waals surface area contributed by atoms with Crippen molar-refractivity contribution >= 4 is 30.9 Å². The van der Waals surface area contributed by atoms with Crippen LogP contribution in [0, 0.1) is 0 Å². The lowest BCUT2D eigenvalue weighted by Crippen LogP contribution is -2.48. The predicted molar refractivity (Wildman–Crippen MR) is 139 cm³/mol. The molecule has 1 amide bonds. The maximum absolute atomic E-state index is 12.5. The Hall–Kier alpha value is -4.14. The third-order valence-corrected chi connectivity index (χ3v) is 5.68. The molecule has 14 heteroatoms. The molecule has 2 aromatic rings. The van der Waals surface area contributed by atoms with Crippen LogP contribution in [0.2, 0.25) is 0 Å². The highest BCUT2D eigenvalue weighted by Gasteiger charge is 2.27. The Morgan fingerprint density at radius 2 is 1.66 bits per heavy atom. The Kier molecular flexibility index (Phi) is 11.5. The zero-order valence-corrected chi connectivity index (χ0v) is 20.6. The maximum atomic E-state index is 12.5. The van der Waals surface area contributed by atoms with Gasteiger partial charge in [0.05, 0.1) is 12.4 Å². The van der Waals surface area contributed by atoms with Crippen LogP contribution in [0.3, 0.4) is 0 Å². The Morgan fingerprint density at radius 1 is 1.00 bits per heavy atom. The molecule has 11 N–H and O–H groups in total. The molecule has 0 heterocycles. The van der Waals surface area contributed by atoms with Gasteiger partial charge in [-0.1, -0.05) is 36.4 Å². The Labute approximate surface area is 219 Å². The number of aliphatic imine (C=N–C) groups is 1. The summed E-state index contributed by atoms with van der Waals surface area (Å²) in [4.78, 5) is 39.0. The van der Waals surface area contributed by atoms with Crippen LogP contribution in [0.25, 0.3) is 0 Å². The van der Waals surface area contributed by atoms with E-state index < -0.39 is 42.7 Å². The van der Waals surface area contributed by atoms with Gasteiger partial charge >= 0.3 is 19.1 Å². The largest absolute Gasteiger partial charge is 0.507 e. The first-order chi connectivity index (χ1) is 18.0. The minimum Gasteiger partial charge on any atom is -0.507 e. The summed E-state index contributed by atoms with van der Waals surface area (Å²) in [6.45, 7) is 0.609. The Bertz CT molecular complexity index is 1140. The summed E-state index contributed by atoms with van der Waals surface area (Å²) in [7, 11) is -1.96. The van der Waals surface area contributed by atoms with Gasteiger partial charge in [-0.25, -0.2) is 4.79 Å². The topological polar surface area (TPSA) is 241 Å². The summed E-state index contributed by atoms with van der Waals surface area (Å²) in [5, 5.41) is 53.5. The van der Waals surface area contributed by atoms with E-state index in [0.717, 1.165) is 5.56 Å². The third-order valence-electron chi connectivity index (χ3n) is 5.68. The van der Waals surface area contributed by atoms with Crippen LogP contribution in [0.5, 0.6) is 5.75 Å². The molecule has 38 heavy (non-hydrogen) atoms. The van der Waals surface area contributed by atoms with E-state index in [4.69, 9.17) is 16.6 Å². The van der Waals surface area contributed by atoms with Gasteiger partial charge in [0.2, 0.25) is 5.91 Å². The number of para-hydroxylation sites is 1. The molecule has 13 nitrogen and oxygen atoms in total. The summed E-state index contributed by atoms with van der Waals surface area (Å²) < 4.78 is 0. The van der Waals surface area contributed by atoms with Gasteiger partial charge in [-0.15, -0.1) is 0 Å². The number of carboxylic acids is 2. The molecule has 0 fully saturated rings. The van der Waals surface area contributed by atoms with Crippen LogP contribution in [0.15, 0.2) is 47.5 Å². The first-order valence-corrected chi connectivity index (χ1v) is 11.8. The number of carboxylic acid groups (broad SMARTS) is 2. The summed E-state index contributed by atoms with van der Waals surface area (Å²) in [5.74, 6) is -4.61. The average molecular weight is 529 g/mol. The van der Waals surface area contributed by atoms with Crippen molar-refractivity contribution < 1.29 is 39.8 Å². The maximum Gasteiger partial charge on any atom is 0.475 e. The van der Waals surface area contributed by atoms with Crippen molar-refractivity contribution in [2.45, 2.75) is 44.2 Å². The number of carbonyl (C=O) groups is 3. The van der Waals surface area contributed by atoms with Crippen LogP contribution in [-0.4, -0.2) is 74.8 Å². The minimum absolute atomic E-state index is 0.0495. The van der Waals surface area contributed by atoms with Gasteiger partial charge in [0.15, 0.2) is 5.96 Å². The number of amides is 1. The van der Waals surface area contributed by atoms with Gasteiger partial charge in [-0.3, -0.25) is 14.6 Å². The van der Waals surface area contributed by atoms with Crippen molar-refractivity contribution in [3.63, 3.8) is 0 Å². The van der Waals surface area contributed by atoms with Crippen molar-refractivity contribution in [1.29, 1.82) is 0 Å². The zero-order valence-electron chi connectivity index (χ0n) is 20.6. The van der Waals surface area contributed by atoms with E-state index in [1.54, 1.807) is 24.3 Å². The second-order valence-electron chi connectivity index (χ2n) is 8.62. The second-order valence-corrected chi connectivity index (χ2v) is 8.62. The van der Waals surface area contributed by atoms with Crippen LogP contribution >= 0.6 is 0 Å². The lowest BCUT2D eigenvalue weighted by Gasteiger charge is -2.19. The lowest BCUT2D eigenvalue weighted by molar-refractivity contribution is -0.139. The molecule has 0 bridgehead atoms. The molecule has 2 atom stereocenters. The molecular formula is C24H32BN5O8. The number of nitrogens with two attached hydrogens (primary N) is 2. The predicted octanol–water partition coefficient (Wildman–Crippen LogP) is -1.03. The fraction of sp³-hybridized carbons (Fsp3) is 0.333. The fourth-order valence-electron chi connectivity index (χ4n) is 3.67. The van der Waals surface area contributed by atoms with Gasteiger partial charge in [-0.05, 0) is 42.0 Å². The normalized spacial score (nSPS) is 12.3. The number of rotatable bonds is 15. The lowest BCUT2D eigenvalue weighted by atomic mass is 9.75. The number of aromatic carboxylic acids is 1. The van der Waals surface area contributed by atoms with Gasteiger partial charge in [-0.2, -0.15) is 0 Å². The smallest absolute Gasteiger partial charge is 0.475 e. The number of nitrogens with one attached hydrogen (secondary N) is 2. The first kappa shape index (κ1) is 30.1. The molecule has 0 aliphatic heterocycles. The molecule has 0 saturated heterocycles. The van der Waals surface area contributed by atoms with Crippen molar-refractivity contribution in [1.82, 2.24) is 10.6 Å². The van der Waals surface area contributed by atoms with Crippen molar-refractivity contribution in [3.8, 4) is 5.75 Å². The van der Waals surface area contributed by atoms with Crippen molar-refractivity contribution in [3.05, 3.63) is 64.7 Å². The highest BCUT2D eigenvalue weighted by atomic mass is 16.4. The summed E-state index contributed by atoms with van der Waals surface area (Å²) >= 11 is 0. The molecule has 0 spiro atoms. The van der Waals surface area contributed by atoms with E-state index >= 15 is 0 Å². The van der Waals surface area contributed by atoms with Gasteiger partial charge in [0.1, 0.15) is 17.4 Å². The number of aromatic hydroxyl groups is 1. The molecule has 0 unspecified atom stereocenters. The number of hydrogen-bond donors (Lipinski definition) is 9. The van der Waals surface area contributed by atoms with Crippen LogP contribution in [0.1, 0.15) is 39.9 Å². The van der Waals surface area contributed by atoms with Crippen LogP contribution < -0.4 is 22.1 Å². The van der Waals surface area contributed by atoms with E-state index in [-0.39, 0.29) is 36.5 Å². The highest BCUT2D eigenvalue weighted by molar-refractivity contribution is 6.43. The minimum atomic E-state index is -1.96. The number of nitrogens with zero attached hydrogens (tertiary/aromatic N) is 1. The quantitative estimate of drug-likeness (QED) is 0.0585. The fourth-order valence-corrected chi connectivity index (χ4v) is 3.67. The Morgan fingerprint density at radius 3 is 2.24 bits per heavy atom. The monoisotopic (exact) mass is 529 g/mol. The number of phenols is 1. The first-order valence-electron chi connectivity index (χ1n) is 11.8. The molecule has 0 radical (unpaired) electrons. The van der Waals surface area contributed by atoms with Crippen molar-refractivity contribution in [2.24, 2.45) is 16.5 Å². The number of guanidine groups is 1. The number of aliphatic carboxylic acids is 1. The average Bonchev–Trinajstić information content (AvgIpc) is 2.84. The van der Waals surface area contributed by atoms with Crippen LogP contribution in [-0.2, 0) is 29.0 Å². The van der Waals surface area contributed by atoms with Gasteiger partial charge < -0.3 is 47.5 Å². The molecule has 0 aliphatic rings. The van der Waals surface area contributed by atoms with Crippen molar-refractivity contribution in [2.75, 3.05) is 6.54 Å². The molecule has 0 aromatic heterocycles. The number of benzene rings is 2. The molecule has 204 valence electrons. The molecule has 2 aromatic carbocycles. The number of carbonyl (C=O) groups excluding carboxylic acids is 1. The molecular weight excluding hydrogens is 497 g/mol. The van der Waals surface area contributed by atoms with Gasteiger partial charge in [0, 0.05) is 13.1 Å². The molecule has 0 aliphatic carbocycles. The van der Waals surface area contributed by atoms with E-state index in [2.05, 4.69) is 15.6 Å². The van der Waals surface area contributed by atoms with Crippen LogP contribution in [0.4, 0.5) is 0 Å². The second kappa shape index (κ2) is 14.6. The molecule has 2 rings (SSSR count).